The Morgan fingerprint density at radius 2 is 2.00 bits per heavy atom. The summed E-state index contributed by atoms with van der Waals surface area (Å²) >= 11 is 0. The van der Waals surface area contributed by atoms with Gasteiger partial charge in [0.1, 0.15) is 6.61 Å². The van der Waals surface area contributed by atoms with E-state index in [4.69, 9.17) is 4.74 Å². The van der Waals surface area contributed by atoms with Gasteiger partial charge in [-0.05, 0) is 12.1 Å². The number of halogens is 1. The van der Waals surface area contributed by atoms with Crippen LogP contribution in [0.5, 0.6) is 0 Å². The van der Waals surface area contributed by atoms with Crippen LogP contribution in [0.25, 0.3) is 0 Å². The van der Waals surface area contributed by atoms with Crippen LogP contribution in [-0.4, -0.2) is 19.1 Å². The van der Waals surface area contributed by atoms with Crippen molar-refractivity contribution in [3.05, 3.63) is 30.3 Å². The second-order valence-corrected chi connectivity index (χ2v) is 2.63. The average molecular weight is 216 g/mol. The number of rotatable bonds is 4. The number of carbonyl (C=O) groups is 1. The predicted molar refractivity (Wildman–Crippen MR) is 58.8 cm³/mol. The van der Waals surface area contributed by atoms with E-state index in [0.717, 1.165) is 5.69 Å². The SMILES string of the molecule is CC(=O)OCCNc1ccccc1.Cl. The molecule has 1 aromatic carbocycles. The number of hydrogen-bond donors (Lipinski definition) is 1. The molecule has 0 heterocycles. The van der Waals surface area contributed by atoms with E-state index in [1.807, 2.05) is 30.3 Å². The van der Waals surface area contributed by atoms with E-state index in [2.05, 4.69) is 5.32 Å². The fourth-order valence-corrected chi connectivity index (χ4v) is 0.946. The van der Waals surface area contributed by atoms with Crippen molar-refractivity contribution in [2.45, 2.75) is 6.92 Å². The Hall–Kier alpha value is -1.22. The summed E-state index contributed by atoms with van der Waals surface area (Å²) in [7, 11) is 0. The van der Waals surface area contributed by atoms with Crippen LogP contribution in [0.15, 0.2) is 30.3 Å². The molecule has 0 unspecified atom stereocenters. The van der Waals surface area contributed by atoms with Crippen LogP contribution < -0.4 is 5.32 Å². The van der Waals surface area contributed by atoms with E-state index >= 15 is 0 Å². The fraction of sp³-hybridized carbons (Fsp3) is 0.300. The molecule has 0 fully saturated rings. The molecular weight excluding hydrogens is 202 g/mol. The Morgan fingerprint density at radius 1 is 1.36 bits per heavy atom. The standard InChI is InChI=1S/C10H13NO2.ClH/c1-9(12)13-8-7-11-10-5-3-2-4-6-10;/h2-6,11H,7-8H2,1H3;1H. The Kier molecular flexibility index (Phi) is 6.58. The van der Waals surface area contributed by atoms with Gasteiger partial charge >= 0.3 is 5.97 Å². The third kappa shape index (κ3) is 5.43. The number of esters is 1. The van der Waals surface area contributed by atoms with Crippen LogP contribution in [-0.2, 0) is 9.53 Å². The lowest BCUT2D eigenvalue weighted by atomic mass is 10.3. The van der Waals surface area contributed by atoms with Crippen molar-refractivity contribution in [3.8, 4) is 0 Å². The maximum absolute atomic E-state index is 10.4. The van der Waals surface area contributed by atoms with Gasteiger partial charge in [0.25, 0.3) is 0 Å². The summed E-state index contributed by atoms with van der Waals surface area (Å²) in [6.07, 6.45) is 0. The average Bonchev–Trinajstić information content (AvgIpc) is 2.14. The minimum Gasteiger partial charge on any atom is -0.464 e. The summed E-state index contributed by atoms with van der Waals surface area (Å²) in [5, 5.41) is 3.12. The van der Waals surface area contributed by atoms with Gasteiger partial charge in [0, 0.05) is 19.2 Å². The molecule has 1 N–H and O–H groups in total. The van der Waals surface area contributed by atoms with Crippen LogP contribution in [0.4, 0.5) is 5.69 Å². The van der Waals surface area contributed by atoms with Gasteiger partial charge in [-0.15, -0.1) is 12.4 Å². The second kappa shape index (κ2) is 7.21. The number of anilines is 1. The van der Waals surface area contributed by atoms with E-state index in [1.54, 1.807) is 0 Å². The summed E-state index contributed by atoms with van der Waals surface area (Å²) in [6, 6.07) is 9.79. The summed E-state index contributed by atoms with van der Waals surface area (Å²) in [5.41, 5.74) is 1.04. The lowest BCUT2D eigenvalue weighted by Crippen LogP contribution is -2.11. The number of para-hydroxylation sites is 1. The Labute approximate surface area is 89.9 Å². The molecule has 1 aromatic rings. The van der Waals surface area contributed by atoms with Crippen molar-refractivity contribution < 1.29 is 9.53 Å². The Balaban J connectivity index is 0.00000169. The lowest BCUT2D eigenvalue weighted by molar-refractivity contribution is -0.140. The van der Waals surface area contributed by atoms with Crippen molar-refractivity contribution >= 4 is 24.1 Å². The number of ether oxygens (including phenoxy) is 1. The number of benzene rings is 1. The number of nitrogens with one attached hydrogen (secondary N) is 1. The normalized spacial score (nSPS) is 8.64. The topological polar surface area (TPSA) is 38.3 Å². The Morgan fingerprint density at radius 3 is 2.57 bits per heavy atom. The monoisotopic (exact) mass is 215 g/mol. The molecule has 0 aromatic heterocycles. The van der Waals surface area contributed by atoms with Crippen molar-refractivity contribution in [1.29, 1.82) is 0 Å². The Bertz CT molecular complexity index is 264. The van der Waals surface area contributed by atoms with Gasteiger partial charge in [0.2, 0.25) is 0 Å². The third-order valence-corrected chi connectivity index (χ3v) is 1.51. The second-order valence-electron chi connectivity index (χ2n) is 2.63. The molecule has 1 rings (SSSR count). The van der Waals surface area contributed by atoms with Gasteiger partial charge in [-0.2, -0.15) is 0 Å². The first-order chi connectivity index (χ1) is 6.29. The first-order valence-corrected chi connectivity index (χ1v) is 4.21. The first kappa shape index (κ1) is 12.8. The van der Waals surface area contributed by atoms with Crippen LogP contribution in [0.3, 0.4) is 0 Å². The number of carbonyl (C=O) groups excluding carboxylic acids is 1. The smallest absolute Gasteiger partial charge is 0.302 e. The van der Waals surface area contributed by atoms with Gasteiger partial charge in [0.15, 0.2) is 0 Å². The molecule has 0 aliphatic rings. The van der Waals surface area contributed by atoms with Crippen molar-refractivity contribution in [3.63, 3.8) is 0 Å². The van der Waals surface area contributed by atoms with Crippen LogP contribution in [0.1, 0.15) is 6.92 Å². The molecule has 0 saturated carbocycles. The molecule has 0 amide bonds. The summed E-state index contributed by atoms with van der Waals surface area (Å²) in [5.74, 6) is -0.241. The third-order valence-electron chi connectivity index (χ3n) is 1.51. The van der Waals surface area contributed by atoms with Crippen molar-refractivity contribution in [2.75, 3.05) is 18.5 Å². The molecule has 0 saturated heterocycles. The molecule has 3 nitrogen and oxygen atoms in total. The van der Waals surface area contributed by atoms with Gasteiger partial charge in [-0.1, -0.05) is 18.2 Å². The minimum atomic E-state index is -0.241. The highest BCUT2D eigenvalue weighted by Crippen LogP contribution is 2.03. The summed E-state index contributed by atoms with van der Waals surface area (Å²) in [6.45, 7) is 2.45. The minimum absolute atomic E-state index is 0. The van der Waals surface area contributed by atoms with E-state index in [1.165, 1.54) is 6.92 Å². The zero-order valence-corrected chi connectivity index (χ0v) is 8.84. The molecule has 14 heavy (non-hydrogen) atoms. The van der Waals surface area contributed by atoms with Gasteiger partial charge in [0.05, 0.1) is 0 Å². The summed E-state index contributed by atoms with van der Waals surface area (Å²) < 4.78 is 4.76. The molecule has 0 aliphatic heterocycles. The zero-order chi connectivity index (χ0) is 9.52. The highest BCUT2D eigenvalue weighted by Gasteiger charge is 1.92. The molecule has 0 bridgehead atoms. The molecule has 0 aliphatic carbocycles. The van der Waals surface area contributed by atoms with Crippen molar-refractivity contribution in [1.82, 2.24) is 0 Å². The fourth-order valence-electron chi connectivity index (χ4n) is 0.946. The molecule has 0 atom stereocenters. The van der Waals surface area contributed by atoms with Gasteiger partial charge < -0.3 is 10.1 Å². The predicted octanol–water partition coefficient (Wildman–Crippen LogP) is 2.08. The maximum atomic E-state index is 10.4. The molecule has 0 radical (unpaired) electrons. The maximum Gasteiger partial charge on any atom is 0.302 e. The van der Waals surface area contributed by atoms with E-state index in [9.17, 15) is 4.79 Å². The highest BCUT2D eigenvalue weighted by molar-refractivity contribution is 5.85. The van der Waals surface area contributed by atoms with Gasteiger partial charge in [-0.25, -0.2) is 0 Å². The van der Waals surface area contributed by atoms with Crippen LogP contribution in [0.2, 0.25) is 0 Å². The van der Waals surface area contributed by atoms with E-state index < -0.39 is 0 Å². The molecular formula is C10H14ClNO2. The lowest BCUT2D eigenvalue weighted by Gasteiger charge is -2.05. The van der Waals surface area contributed by atoms with Crippen molar-refractivity contribution in [2.24, 2.45) is 0 Å². The quantitative estimate of drug-likeness (QED) is 0.618. The number of hydrogen-bond acceptors (Lipinski definition) is 3. The molecule has 4 heteroatoms. The molecule has 0 spiro atoms. The highest BCUT2D eigenvalue weighted by atomic mass is 35.5. The van der Waals surface area contributed by atoms with Gasteiger partial charge in [-0.3, -0.25) is 4.79 Å². The zero-order valence-electron chi connectivity index (χ0n) is 8.03. The first-order valence-electron chi connectivity index (χ1n) is 4.21. The van der Waals surface area contributed by atoms with Crippen LogP contribution in [0, 0.1) is 0 Å². The van der Waals surface area contributed by atoms with E-state index in [0.29, 0.717) is 13.2 Å². The summed E-state index contributed by atoms with van der Waals surface area (Å²) in [4.78, 5) is 10.4. The van der Waals surface area contributed by atoms with Crippen LogP contribution >= 0.6 is 12.4 Å². The largest absolute Gasteiger partial charge is 0.464 e. The molecule has 78 valence electrons. The van der Waals surface area contributed by atoms with E-state index in [-0.39, 0.29) is 18.4 Å².